The monoisotopic (exact) mass is 1410 g/mol. The van der Waals surface area contributed by atoms with Crippen LogP contribution in [0, 0.1) is 0 Å². The molecule has 1 aromatic heterocycles. The minimum absolute atomic E-state index is 0.222. The minimum Gasteiger partial charge on any atom is -0.464 e. The van der Waals surface area contributed by atoms with Crippen molar-refractivity contribution >= 4 is 53.2 Å². The van der Waals surface area contributed by atoms with Crippen LogP contribution in [0.4, 0.5) is 0 Å². The lowest BCUT2D eigenvalue weighted by molar-refractivity contribution is -0.144. The molecule has 96 heavy (non-hydrogen) atoms. The summed E-state index contributed by atoms with van der Waals surface area (Å²) in [6.07, 6.45) is 75.5. The molecule has 0 aromatic carbocycles. The molecule has 0 atom stereocenters. The quantitative estimate of drug-likeness (QED) is 0.0348. The fraction of sp³-hybridized carbons (Fsp3) is 0.926. The third-order valence-electron chi connectivity index (χ3n) is 19.1. The molecule has 0 N–H and O–H groups in total. The average molecular weight is 1410 g/mol. The van der Waals surface area contributed by atoms with Gasteiger partial charge < -0.3 is 14.2 Å². The topological polar surface area (TPSA) is 145 Å². The number of carbonyl (C=O) groups is 3. The number of unbranched alkanes of at least 4 members (excludes halogenated alkanes) is 51. The van der Waals surface area contributed by atoms with E-state index in [0.29, 0.717) is 19.3 Å². The van der Waals surface area contributed by atoms with Crippen LogP contribution in [0.1, 0.15) is 406 Å². The molecular weight excluding hydrogens is 1260 g/mol. The maximum absolute atomic E-state index is 13.8. The van der Waals surface area contributed by atoms with Crippen molar-refractivity contribution in [2.24, 2.45) is 0 Å². The lowest BCUT2D eigenvalue weighted by Crippen LogP contribution is -2.55. The highest BCUT2D eigenvalue weighted by molar-refractivity contribution is 7.99. The molecule has 0 aliphatic rings. The van der Waals surface area contributed by atoms with Crippen molar-refractivity contribution in [3.63, 3.8) is 0 Å². The van der Waals surface area contributed by atoms with Gasteiger partial charge in [0, 0.05) is 19.3 Å². The van der Waals surface area contributed by atoms with Gasteiger partial charge in [-0.2, -0.15) is 35.3 Å². The summed E-state index contributed by atoms with van der Waals surface area (Å²) in [5.74, 6) is 5.19. The van der Waals surface area contributed by atoms with E-state index in [1.54, 1.807) is 0 Å². The van der Waals surface area contributed by atoms with Crippen molar-refractivity contribution in [1.29, 1.82) is 0 Å². The first-order valence-electron chi connectivity index (χ1n) is 41.4. The Morgan fingerprint density at radius 1 is 0.229 bits per heavy atom. The molecule has 1 aromatic rings. The van der Waals surface area contributed by atoms with Gasteiger partial charge in [-0.25, -0.2) is 28.1 Å². The highest BCUT2D eigenvalue weighted by Gasteiger charge is 2.18. The number of thioether (sulfide) groups is 3. The molecule has 1 heterocycles. The van der Waals surface area contributed by atoms with E-state index in [4.69, 9.17) is 14.2 Å². The Bertz CT molecular complexity index is 1790. The Kier molecular flexibility index (Phi) is 70.9. The van der Waals surface area contributed by atoms with Crippen molar-refractivity contribution < 1.29 is 28.6 Å². The zero-order valence-electron chi connectivity index (χ0n) is 63.2. The zero-order chi connectivity index (χ0) is 69.4. The fourth-order valence-electron chi connectivity index (χ4n) is 12.7. The number of esters is 3. The van der Waals surface area contributed by atoms with Crippen LogP contribution >= 0.6 is 35.3 Å². The Balaban J connectivity index is 2.45. The minimum atomic E-state index is -0.874. The number of carbonyl (C=O) groups excluding carboxylic acids is 3. The zero-order valence-corrected chi connectivity index (χ0v) is 65.6. The second kappa shape index (κ2) is 74.1. The summed E-state index contributed by atoms with van der Waals surface area (Å²) in [4.78, 5) is 79.6. The molecule has 0 saturated carbocycles. The van der Waals surface area contributed by atoms with E-state index in [0.717, 1.165) is 67.5 Å². The van der Waals surface area contributed by atoms with Crippen LogP contribution in [-0.2, 0) is 48.2 Å². The number of hydrogen-bond acceptors (Lipinski definition) is 12. The number of ether oxygens (including phenoxy) is 3. The molecule has 0 unspecified atom stereocenters. The molecule has 0 spiro atoms. The van der Waals surface area contributed by atoms with Crippen molar-refractivity contribution in [2.45, 2.75) is 426 Å². The summed E-state index contributed by atoms with van der Waals surface area (Å²) < 4.78 is 19.1. The van der Waals surface area contributed by atoms with Crippen molar-refractivity contribution in [2.75, 3.05) is 54.3 Å². The molecule has 0 amide bonds. The van der Waals surface area contributed by atoms with Crippen LogP contribution in [0.15, 0.2) is 14.4 Å². The van der Waals surface area contributed by atoms with Crippen LogP contribution in [0.25, 0.3) is 0 Å². The third kappa shape index (κ3) is 60.6. The largest absolute Gasteiger partial charge is 0.464 e. The van der Waals surface area contributed by atoms with Gasteiger partial charge in [-0.1, -0.05) is 329 Å². The Morgan fingerprint density at radius 2 is 0.375 bits per heavy atom. The van der Waals surface area contributed by atoms with E-state index in [-0.39, 0.29) is 58.7 Å². The first-order valence-corrected chi connectivity index (χ1v) is 44.9. The van der Waals surface area contributed by atoms with Gasteiger partial charge in [-0.15, -0.1) is 0 Å². The Labute approximate surface area is 603 Å². The van der Waals surface area contributed by atoms with Crippen molar-refractivity contribution in [3.05, 3.63) is 31.5 Å². The van der Waals surface area contributed by atoms with Gasteiger partial charge in [0.2, 0.25) is 0 Å². The van der Waals surface area contributed by atoms with E-state index in [1.165, 1.54) is 327 Å². The van der Waals surface area contributed by atoms with Gasteiger partial charge in [0.25, 0.3) is 0 Å². The molecule has 0 radical (unpaired) electrons. The first kappa shape index (κ1) is 91.9. The number of nitrogens with zero attached hydrogens (tertiary/aromatic N) is 3. The number of hydrogen-bond donors (Lipinski definition) is 0. The lowest BCUT2D eigenvalue weighted by Gasteiger charge is -2.14. The summed E-state index contributed by atoms with van der Waals surface area (Å²) in [6, 6.07) is 0. The van der Waals surface area contributed by atoms with Crippen molar-refractivity contribution in [1.82, 2.24) is 13.7 Å². The highest BCUT2D eigenvalue weighted by Crippen LogP contribution is 2.20. The molecule has 564 valence electrons. The smallest absolute Gasteiger partial charge is 0.336 e. The first-order chi connectivity index (χ1) is 47.3. The Hall–Kier alpha value is -2.13. The molecular formula is C81H153N3O9S3. The van der Waals surface area contributed by atoms with Gasteiger partial charge >= 0.3 is 35.0 Å². The van der Waals surface area contributed by atoms with Crippen LogP contribution < -0.4 is 17.1 Å². The standard InChI is InChI=1S/C81H153N3O9S3/c1-4-7-10-13-16-19-22-25-28-31-34-37-40-43-46-49-55-70-94-73-58-52-61-76(85)91-67-64-82-79(88)83(65-68-92-77(86)62-53-59-74-95-71-56-50-47-44-41-38-35-32-29-26-23-20-17-14-11-8-5-2)81(90)84(80(82)89)66-69-93-78(87)63-54-60-75-96-72-57-51-48-45-42-39-36-33-30-27-24-21-18-15-12-9-6-3/h4-75H2,1-3H3. The summed E-state index contributed by atoms with van der Waals surface area (Å²) >= 11 is 5.82. The van der Waals surface area contributed by atoms with E-state index < -0.39 is 35.0 Å². The molecule has 0 aliphatic heterocycles. The maximum atomic E-state index is 13.8. The van der Waals surface area contributed by atoms with Gasteiger partial charge in [0.05, 0.1) is 19.6 Å². The molecule has 12 nitrogen and oxygen atoms in total. The third-order valence-corrected chi connectivity index (χ3v) is 22.5. The van der Waals surface area contributed by atoms with Crippen LogP contribution in [0.3, 0.4) is 0 Å². The SMILES string of the molecule is CCCCCCCCCCCCCCCCCCCSCCCCC(=O)OCCn1c(=O)n(CCOC(=O)CCCCSCCCCCCCCCCCCCCCCCCC)c(=O)n(CCOC(=O)CCCCSCCCCCCCCCCCCCCCCCCC)c1=O. The van der Waals surface area contributed by atoms with Gasteiger partial charge in [0.15, 0.2) is 0 Å². The molecule has 0 aliphatic carbocycles. The summed E-state index contributed by atoms with van der Waals surface area (Å²) in [5.41, 5.74) is -2.62. The summed E-state index contributed by atoms with van der Waals surface area (Å²) in [7, 11) is 0. The predicted octanol–water partition coefficient (Wildman–Crippen LogP) is 23.5. The van der Waals surface area contributed by atoms with Gasteiger partial charge in [-0.05, 0) is 92.3 Å². The van der Waals surface area contributed by atoms with E-state index >= 15 is 0 Å². The van der Waals surface area contributed by atoms with Gasteiger partial charge in [0.1, 0.15) is 19.8 Å². The van der Waals surface area contributed by atoms with Crippen LogP contribution in [0.2, 0.25) is 0 Å². The molecule has 0 saturated heterocycles. The predicted molar refractivity (Wildman–Crippen MR) is 418 cm³/mol. The lowest BCUT2D eigenvalue weighted by atomic mass is 10.0. The second-order valence-electron chi connectivity index (χ2n) is 28.1. The van der Waals surface area contributed by atoms with Crippen molar-refractivity contribution in [3.8, 4) is 0 Å². The summed E-state index contributed by atoms with van der Waals surface area (Å²) in [5, 5.41) is 0. The molecule has 0 fully saturated rings. The van der Waals surface area contributed by atoms with Crippen LogP contribution in [-0.4, -0.2) is 85.9 Å². The fourth-order valence-corrected chi connectivity index (χ4v) is 15.8. The number of aromatic nitrogens is 3. The van der Waals surface area contributed by atoms with Gasteiger partial charge in [-0.3, -0.25) is 14.4 Å². The highest BCUT2D eigenvalue weighted by atomic mass is 32.2. The molecule has 1 rings (SSSR count). The summed E-state index contributed by atoms with van der Waals surface area (Å²) in [6.45, 7) is 5.41. The number of rotatable bonds is 78. The normalized spacial score (nSPS) is 11.5. The Morgan fingerprint density at radius 3 is 0.542 bits per heavy atom. The van der Waals surface area contributed by atoms with E-state index in [9.17, 15) is 28.8 Å². The molecule has 0 bridgehead atoms. The molecule has 15 heteroatoms. The van der Waals surface area contributed by atoms with Crippen LogP contribution in [0.5, 0.6) is 0 Å². The maximum Gasteiger partial charge on any atom is 0.336 e. The van der Waals surface area contributed by atoms with E-state index in [2.05, 4.69) is 20.8 Å². The second-order valence-corrected chi connectivity index (χ2v) is 31.8. The van der Waals surface area contributed by atoms with E-state index in [1.807, 2.05) is 35.3 Å². The average Bonchev–Trinajstić information content (AvgIpc) is 0.790.